The molecule has 14 heavy (non-hydrogen) atoms. The van der Waals surface area contributed by atoms with E-state index in [1.54, 1.807) is 0 Å². The highest BCUT2D eigenvalue weighted by atomic mass is 16.1. The molecule has 72 valence electrons. The summed E-state index contributed by atoms with van der Waals surface area (Å²) in [5, 5.41) is 0. The number of aliphatic imine (C=N–C) groups is 3. The summed E-state index contributed by atoms with van der Waals surface area (Å²) in [7, 11) is 0. The van der Waals surface area contributed by atoms with Crippen molar-refractivity contribution in [3.8, 4) is 0 Å². The lowest BCUT2D eigenvalue weighted by Crippen LogP contribution is -2.32. The second-order valence-corrected chi connectivity index (χ2v) is 3.30. The number of guanidine groups is 1. The predicted octanol–water partition coefficient (Wildman–Crippen LogP) is 0.277. The van der Waals surface area contributed by atoms with Crippen molar-refractivity contribution in [2.24, 2.45) is 26.6 Å². The minimum absolute atomic E-state index is 0.00856. The molecule has 2 aliphatic rings. The fraction of sp³-hybridized carbons (Fsp3) is 0.333. The summed E-state index contributed by atoms with van der Waals surface area (Å²) < 4.78 is 0. The van der Waals surface area contributed by atoms with Crippen LogP contribution in [0.25, 0.3) is 0 Å². The largest absolute Gasteiger partial charge is 0.368 e. The molecule has 0 saturated carbocycles. The number of rotatable bonds is 0. The zero-order valence-electron chi connectivity index (χ0n) is 7.98. The average molecular weight is 190 g/mol. The van der Waals surface area contributed by atoms with Gasteiger partial charge in [-0.1, -0.05) is 6.08 Å². The van der Waals surface area contributed by atoms with E-state index in [-0.39, 0.29) is 11.9 Å². The zero-order chi connectivity index (χ0) is 10.3. The molecule has 0 saturated heterocycles. The number of carbonyl (C=O) groups excluding carboxylic acids is 1. The van der Waals surface area contributed by atoms with Crippen molar-refractivity contribution < 1.29 is 4.79 Å². The molecule has 0 radical (unpaired) electrons. The predicted molar refractivity (Wildman–Crippen MR) is 54.4 cm³/mol. The third-order valence-corrected chi connectivity index (χ3v) is 2.27. The fourth-order valence-electron chi connectivity index (χ4n) is 1.38. The van der Waals surface area contributed by atoms with Gasteiger partial charge in [0.15, 0.2) is 0 Å². The van der Waals surface area contributed by atoms with Gasteiger partial charge in [-0.05, 0) is 19.4 Å². The van der Waals surface area contributed by atoms with E-state index in [1.165, 1.54) is 0 Å². The molecule has 2 heterocycles. The molecule has 1 atom stereocenters. The highest BCUT2D eigenvalue weighted by Crippen LogP contribution is 2.19. The summed E-state index contributed by atoms with van der Waals surface area (Å²) in [5.41, 5.74) is 7.21. The van der Waals surface area contributed by atoms with Crippen LogP contribution in [0, 0.1) is 5.92 Å². The van der Waals surface area contributed by atoms with Crippen molar-refractivity contribution in [3.05, 3.63) is 11.6 Å². The first-order valence-corrected chi connectivity index (χ1v) is 4.28. The number of amidine groups is 1. The molecule has 0 aromatic rings. The second-order valence-electron chi connectivity index (χ2n) is 3.30. The minimum atomic E-state index is -0.439. The molecular formula is C9H10N4O. The Morgan fingerprint density at radius 2 is 2.00 bits per heavy atom. The van der Waals surface area contributed by atoms with Crippen LogP contribution in [0.4, 0.5) is 0 Å². The number of nitrogens with two attached hydrogens (primary N) is 1. The molecule has 5 nitrogen and oxygen atoms in total. The second kappa shape index (κ2) is 2.87. The van der Waals surface area contributed by atoms with E-state index in [0.29, 0.717) is 5.84 Å². The van der Waals surface area contributed by atoms with E-state index in [1.807, 2.05) is 19.9 Å². The van der Waals surface area contributed by atoms with Gasteiger partial charge in [-0.15, -0.1) is 0 Å². The van der Waals surface area contributed by atoms with Gasteiger partial charge < -0.3 is 5.73 Å². The maximum Gasteiger partial charge on any atom is 0.263 e. The van der Waals surface area contributed by atoms with Crippen LogP contribution < -0.4 is 5.73 Å². The summed E-state index contributed by atoms with van der Waals surface area (Å²) in [5.74, 6) is -0.287. The Bertz CT molecular complexity index is 428. The van der Waals surface area contributed by atoms with Crippen molar-refractivity contribution in [1.82, 2.24) is 0 Å². The topological polar surface area (TPSA) is 80.2 Å². The molecule has 2 rings (SSSR count). The third-order valence-electron chi connectivity index (χ3n) is 2.27. The van der Waals surface area contributed by atoms with Crippen LogP contribution in [-0.4, -0.2) is 23.4 Å². The monoisotopic (exact) mass is 190 g/mol. The maximum absolute atomic E-state index is 11.4. The van der Waals surface area contributed by atoms with Crippen molar-refractivity contribution in [2.75, 3.05) is 0 Å². The molecule has 1 amide bonds. The molecule has 0 bridgehead atoms. The molecule has 0 fully saturated rings. The first kappa shape index (κ1) is 8.80. The van der Waals surface area contributed by atoms with E-state index in [0.717, 1.165) is 11.3 Å². The van der Waals surface area contributed by atoms with Crippen LogP contribution in [0.5, 0.6) is 0 Å². The fourth-order valence-corrected chi connectivity index (χ4v) is 1.38. The number of allylic oxidation sites excluding steroid dienone is 1. The highest BCUT2D eigenvalue weighted by molar-refractivity contribution is 6.21. The third kappa shape index (κ3) is 1.26. The number of dihydropyridines is 1. The van der Waals surface area contributed by atoms with Gasteiger partial charge in [-0.25, -0.2) is 4.99 Å². The van der Waals surface area contributed by atoms with Crippen molar-refractivity contribution in [2.45, 2.75) is 13.8 Å². The number of hydrogen-bond donors (Lipinski definition) is 1. The van der Waals surface area contributed by atoms with Crippen LogP contribution >= 0.6 is 0 Å². The first-order valence-electron chi connectivity index (χ1n) is 4.28. The molecule has 0 aliphatic carbocycles. The summed E-state index contributed by atoms with van der Waals surface area (Å²) in [4.78, 5) is 23.1. The van der Waals surface area contributed by atoms with Gasteiger partial charge in [0.1, 0.15) is 11.8 Å². The standard InChI is InChI=1S/C9H10N4O/c1-4-3-6-7(11-5(4)2)12-9(10)13-8(6)14/h3,6H,1-2H3,(H2,10,13,14). The van der Waals surface area contributed by atoms with E-state index >= 15 is 0 Å². The van der Waals surface area contributed by atoms with Crippen molar-refractivity contribution in [3.63, 3.8) is 0 Å². The Balaban J connectivity index is 2.49. The van der Waals surface area contributed by atoms with Crippen molar-refractivity contribution in [1.29, 1.82) is 0 Å². The molecule has 0 aromatic carbocycles. The number of carbonyl (C=O) groups is 1. The average Bonchev–Trinajstić information content (AvgIpc) is 2.08. The zero-order valence-corrected chi connectivity index (χ0v) is 7.98. The number of hydrogen-bond acceptors (Lipinski definition) is 4. The van der Waals surface area contributed by atoms with Crippen LogP contribution in [0.2, 0.25) is 0 Å². The number of nitrogens with zero attached hydrogens (tertiary/aromatic N) is 3. The van der Waals surface area contributed by atoms with E-state index in [2.05, 4.69) is 15.0 Å². The van der Waals surface area contributed by atoms with Gasteiger partial charge in [0.25, 0.3) is 5.91 Å². The molecule has 2 aliphatic heterocycles. The number of amides is 1. The Labute approximate surface area is 81.1 Å². The molecule has 0 spiro atoms. The highest BCUT2D eigenvalue weighted by Gasteiger charge is 2.29. The minimum Gasteiger partial charge on any atom is -0.368 e. The summed E-state index contributed by atoms with van der Waals surface area (Å²) in [6.07, 6.45) is 1.82. The summed E-state index contributed by atoms with van der Waals surface area (Å²) in [6, 6.07) is 0. The van der Waals surface area contributed by atoms with Gasteiger partial charge in [-0.3, -0.25) is 4.79 Å². The normalized spacial score (nSPS) is 25.9. The lowest BCUT2D eigenvalue weighted by atomic mass is 9.98. The Kier molecular flexibility index (Phi) is 1.80. The van der Waals surface area contributed by atoms with Crippen LogP contribution in [0.3, 0.4) is 0 Å². The van der Waals surface area contributed by atoms with Gasteiger partial charge >= 0.3 is 0 Å². The van der Waals surface area contributed by atoms with E-state index in [9.17, 15) is 4.79 Å². The molecule has 5 heteroatoms. The Hall–Kier alpha value is -1.78. The van der Waals surface area contributed by atoms with Crippen LogP contribution in [0.1, 0.15) is 13.8 Å². The maximum atomic E-state index is 11.4. The molecular weight excluding hydrogens is 180 g/mol. The van der Waals surface area contributed by atoms with Crippen LogP contribution in [-0.2, 0) is 4.79 Å². The first-order chi connectivity index (χ1) is 6.58. The van der Waals surface area contributed by atoms with Crippen LogP contribution in [0.15, 0.2) is 26.6 Å². The van der Waals surface area contributed by atoms with Gasteiger partial charge in [0, 0.05) is 5.71 Å². The number of fused-ring (bicyclic) bond motifs is 1. The smallest absolute Gasteiger partial charge is 0.263 e. The lowest BCUT2D eigenvalue weighted by Gasteiger charge is -2.19. The lowest BCUT2D eigenvalue weighted by molar-refractivity contribution is -0.118. The summed E-state index contributed by atoms with van der Waals surface area (Å²) in [6.45, 7) is 3.78. The van der Waals surface area contributed by atoms with E-state index in [4.69, 9.17) is 5.73 Å². The molecule has 1 unspecified atom stereocenters. The molecule has 0 aromatic heterocycles. The van der Waals surface area contributed by atoms with Gasteiger partial charge in [0.05, 0.1) is 0 Å². The Morgan fingerprint density at radius 3 is 2.71 bits per heavy atom. The van der Waals surface area contributed by atoms with Gasteiger partial charge in [-0.2, -0.15) is 9.98 Å². The van der Waals surface area contributed by atoms with E-state index < -0.39 is 5.92 Å². The summed E-state index contributed by atoms with van der Waals surface area (Å²) >= 11 is 0. The Morgan fingerprint density at radius 1 is 1.29 bits per heavy atom. The van der Waals surface area contributed by atoms with Gasteiger partial charge in [0.2, 0.25) is 5.96 Å². The van der Waals surface area contributed by atoms with Crippen molar-refractivity contribution >= 4 is 23.4 Å². The quantitative estimate of drug-likeness (QED) is 0.595. The molecule has 2 N–H and O–H groups in total. The SMILES string of the molecule is CC1=CC2C(=O)N=C(N)N=C2N=C1C.